The largest absolute Gasteiger partial charge is 0.505 e. The van der Waals surface area contributed by atoms with Gasteiger partial charge in [0.15, 0.2) is 11.6 Å². The molecule has 0 aliphatic carbocycles. The molecule has 0 amide bonds. The molecule has 3 nitrogen and oxygen atoms in total. The first-order valence-electron chi connectivity index (χ1n) is 6.37. The van der Waals surface area contributed by atoms with Crippen molar-refractivity contribution in [1.29, 1.82) is 0 Å². The van der Waals surface area contributed by atoms with Gasteiger partial charge in [-0.1, -0.05) is 22.0 Å². The second-order valence-electron chi connectivity index (χ2n) is 4.62. The molecule has 1 fully saturated rings. The Kier molecular flexibility index (Phi) is 4.96. The second kappa shape index (κ2) is 6.50. The van der Waals surface area contributed by atoms with Crippen LogP contribution in [0.5, 0.6) is 5.75 Å². The number of hydrogen-bond acceptors (Lipinski definition) is 3. The fourth-order valence-electron chi connectivity index (χ4n) is 2.47. The molecule has 0 unspecified atom stereocenters. The van der Waals surface area contributed by atoms with Gasteiger partial charge >= 0.3 is 0 Å². The molecule has 1 aliphatic heterocycles. The van der Waals surface area contributed by atoms with E-state index in [1.54, 1.807) is 6.07 Å². The van der Waals surface area contributed by atoms with Crippen LogP contribution in [0.2, 0.25) is 0 Å². The van der Waals surface area contributed by atoms with Gasteiger partial charge in [0.1, 0.15) is 0 Å². The van der Waals surface area contributed by atoms with Crippen molar-refractivity contribution < 1.29 is 9.50 Å². The number of rotatable bonds is 4. The van der Waals surface area contributed by atoms with Gasteiger partial charge in [0, 0.05) is 42.3 Å². The average Bonchev–Trinajstić information content (AvgIpc) is 2.43. The summed E-state index contributed by atoms with van der Waals surface area (Å²) in [4.78, 5) is 2.25. The van der Waals surface area contributed by atoms with Crippen LogP contribution in [-0.4, -0.2) is 36.2 Å². The van der Waals surface area contributed by atoms with Crippen LogP contribution < -0.4 is 5.32 Å². The van der Waals surface area contributed by atoms with Crippen LogP contribution in [0.25, 0.3) is 0 Å². The van der Waals surface area contributed by atoms with Crippen molar-refractivity contribution in [3.8, 4) is 5.75 Å². The highest BCUT2D eigenvalue weighted by Crippen LogP contribution is 2.38. The lowest BCUT2D eigenvalue weighted by atomic mass is 10.00. The fourth-order valence-corrected chi connectivity index (χ4v) is 3.06. The number of nitrogens with zero attached hydrogens (tertiary/aromatic N) is 1. The minimum Gasteiger partial charge on any atom is -0.505 e. The van der Waals surface area contributed by atoms with Crippen molar-refractivity contribution in [2.75, 3.05) is 26.2 Å². The van der Waals surface area contributed by atoms with Crippen LogP contribution in [0.3, 0.4) is 0 Å². The van der Waals surface area contributed by atoms with Crippen molar-refractivity contribution >= 4 is 15.9 Å². The highest BCUT2D eigenvalue weighted by molar-refractivity contribution is 9.10. The molecule has 0 saturated carbocycles. The summed E-state index contributed by atoms with van der Waals surface area (Å²) in [5.74, 6) is -0.845. The molecule has 1 saturated heterocycles. The highest BCUT2D eigenvalue weighted by Gasteiger charge is 2.26. The molecular weight excluding hydrogens is 311 g/mol. The number of benzene rings is 1. The SMILES string of the molecule is C=CC[C@H](c1c(Br)ccc(F)c1O)N1CCNCC1. The normalized spacial score (nSPS) is 18.2. The summed E-state index contributed by atoms with van der Waals surface area (Å²) >= 11 is 3.42. The Morgan fingerprint density at radius 3 is 2.79 bits per heavy atom. The predicted octanol–water partition coefficient (Wildman–Crippen LogP) is 2.82. The van der Waals surface area contributed by atoms with Gasteiger partial charge in [-0.2, -0.15) is 0 Å². The zero-order valence-corrected chi connectivity index (χ0v) is 12.3. The van der Waals surface area contributed by atoms with Gasteiger partial charge in [0.25, 0.3) is 0 Å². The van der Waals surface area contributed by atoms with Crippen molar-refractivity contribution in [3.05, 3.63) is 40.6 Å². The molecule has 1 atom stereocenters. The summed E-state index contributed by atoms with van der Waals surface area (Å²) < 4.78 is 14.3. The molecule has 0 radical (unpaired) electrons. The maximum atomic E-state index is 13.6. The van der Waals surface area contributed by atoms with Gasteiger partial charge in [-0.25, -0.2) is 4.39 Å². The summed E-state index contributed by atoms with van der Waals surface area (Å²) in [5.41, 5.74) is 0.613. The Morgan fingerprint density at radius 2 is 2.16 bits per heavy atom. The molecule has 104 valence electrons. The summed E-state index contributed by atoms with van der Waals surface area (Å²) in [6, 6.07) is 2.86. The minimum atomic E-state index is -0.581. The van der Waals surface area contributed by atoms with E-state index < -0.39 is 5.82 Å². The quantitative estimate of drug-likeness (QED) is 0.834. The van der Waals surface area contributed by atoms with Crippen molar-refractivity contribution in [1.82, 2.24) is 10.2 Å². The molecular formula is C14H18BrFN2O. The Hall–Kier alpha value is -0.910. The molecule has 19 heavy (non-hydrogen) atoms. The van der Waals surface area contributed by atoms with Crippen LogP contribution in [0.1, 0.15) is 18.0 Å². The fraction of sp³-hybridized carbons (Fsp3) is 0.429. The molecule has 1 aromatic rings. The molecule has 5 heteroatoms. The molecule has 2 N–H and O–H groups in total. The van der Waals surface area contributed by atoms with Gasteiger partial charge in [0.2, 0.25) is 0 Å². The van der Waals surface area contributed by atoms with Gasteiger partial charge < -0.3 is 10.4 Å². The Morgan fingerprint density at radius 1 is 1.47 bits per heavy atom. The third kappa shape index (κ3) is 3.16. The van der Waals surface area contributed by atoms with Gasteiger partial charge in [-0.05, 0) is 18.6 Å². The maximum Gasteiger partial charge on any atom is 0.165 e. The topological polar surface area (TPSA) is 35.5 Å². The lowest BCUT2D eigenvalue weighted by Crippen LogP contribution is -2.45. The van der Waals surface area contributed by atoms with E-state index in [2.05, 4.69) is 32.7 Å². The summed E-state index contributed by atoms with van der Waals surface area (Å²) in [5, 5.41) is 13.3. The van der Waals surface area contributed by atoms with Crippen LogP contribution in [0.15, 0.2) is 29.3 Å². The van der Waals surface area contributed by atoms with E-state index in [1.807, 2.05) is 6.08 Å². The molecule has 1 aromatic carbocycles. The van der Waals surface area contributed by atoms with Crippen LogP contribution in [0, 0.1) is 5.82 Å². The first kappa shape index (κ1) is 14.5. The third-order valence-electron chi connectivity index (χ3n) is 3.43. The predicted molar refractivity (Wildman–Crippen MR) is 77.8 cm³/mol. The Bertz CT molecular complexity index is 461. The van der Waals surface area contributed by atoms with Gasteiger partial charge in [-0.3, -0.25) is 4.90 Å². The first-order valence-corrected chi connectivity index (χ1v) is 7.17. The lowest BCUT2D eigenvalue weighted by Gasteiger charge is -2.35. The number of phenolic OH excluding ortho intramolecular Hbond substituents is 1. The third-order valence-corrected chi connectivity index (χ3v) is 4.12. The standard InChI is InChI=1S/C14H18BrFN2O/c1-2-3-12(18-8-6-17-7-9-18)13-10(15)4-5-11(16)14(13)19/h2,4-5,12,17,19H,1,3,6-9H2/t12-/m1/s1. The Labute approximate surface area is 121 Å². The molecule has 1 aliphatic rings. The minimum absolute atomic E-state index is 0.0512. The lowest BCUT2D eigenvalue weighted by molar-refractivity contribution is 0.170. The van der Waals surface area contributed by atoms with Crippen LogP contribution in [0.4, 0.5) is 4.39 Å². The highest BCUT2D eigenvalue weighted by atomic mass is 79.9. The van der Waals surface area contributed by atoms with E-state index in [4.69, 9.17) is 0 Å². The molecule has 0 spiro atoms. The van der Waals surface area contributed by atoms with Crippen LogP contribution >= 0.6 is 15.9 Å². The molecule has 1 heterocycles. The monoisotopic (exact) mass is 328 g/mol. The van der Waals surface area contributed by atoms with Crippen molar-refractivity contribution in [2.45, 2.75) is 12.5 Å². The first-order chi connectivity index (χ1) is 9.15. The number of phenols is 1. The van der Waals surface area contributed by atoms with E-state index in [0.717, 1.165) is 30.7 Å². The van der Waals surface area contributed by atoms with E-state index >= 15 is 0 Å². The van der Waals surface area contributed by atoms with Crippen molar-refractivity contribution in [2.24, 2.45) is 0 Å². The smallest absolute Gasteiger partial charge is 0.165 e. The Balaban J connectivity index is 2.37. The summed E-state index contributed by atoms with van der Waals surface area (Å²) in [7, 11) is 0. The zero-order valence-electron chi connectivity index (χ0n) is 10.7. The van der Waals surface area contributed by atoms with Crippen molar-refractivity contribution in [3.63, 3.8) is 0 Å². The summed E-state index contributed by atoms with van der Waals surface area (Å²) in [6.07, 6.45) is 2.49. The van der Waals surface area contributed by atoms with Gasteiger partial charge in [-0.15, -0.1) is 6.58 Å². The number of hydrogen-bond donors (Lipinski definition) is 2. The number of halogens is 2. The number of piperazine rings is 1. The summed E-state index contributed by atoms with van der Waals surface area (Å²) in [6.45, 7) is 7.33. The molecule has 0 bridgehead atoms. The van der Waals surface area contributed by atoms with Gasteiger partial charge in [0.05, 0.1) is 0 Å². The second-order valence-corrected chi connectivity index (χ2v) is 5.47. The van der Waals surface area contributed by atoms with E-state index in [0.29, 0.717) is 12.0 Å². The average molecular weight is 329 g/mol. The zero-order chi connectivity index (χ0) is 13.8. The van der Waals surface area contributed by atoms with E-state index in [9.17, 15) is 9.50 Å². The molecule has 2 rings (SSSR count). The van der Waals surface area contributed by atoms with E-state index in [-0.39, 0.29) is 11.8 Å². The number of nitrogens with one attached hydrogen (secondary N) is 1. The maximum absolute atomic E-state index is 13.6. The number of aromatic hydroxyl groups is 1. The van der Waals surface area contributed by atoms with E-state index in [1.165, 1.54) is 6.07 Å². The van der Waals surface area contributed by atoms with Crippen LogP contribution in [-0.2, 0) is 0 Å². The molecule has 0 aromatic heterocycles.